The topological polar surface area (TPSA) is 63.7 Å². The molecule has 2 aromatic carbocycles. The van der Waals surface area contributed by atoms with Crippen LogP contribution in [0.2, 0.25) is 5.02 Å². The van der Waals surface area contributed by atoms with E-state index in [0.29, 0.717) is 30.5 Å². The molecule has 2 aromatic rings. The van der Waals surface area contributed by atoms with Crippen molar-refractivity contribution in [2.75, 3.05) is 18.6 Å². The molecule has 1 aliphatic heterocycles. The number of halogens is 6. The van der Waals surface area contributed by atoms with Gasteiger partial charge in [-0.25, -0.2) is 22.0 Å². The van der Waals surface area contributed by atoms with Gasteiger partial charge < -0.3 is 9.64 Å². The average molecular weight is 470 g/mol. The maximum atomic E-state index is 14.5. The Balaban J connectivity index is 2.27. The van der Waals surface area contributed by atoms with Crippen LogP contribution in [0.1, 0.15) is 22.3 Å². The number of anilines is 2. The van der Waals surface area contributed by atoms with Gasteiger partial charge in [-0.05, 0) is 36.6 Å². The van der Waals surface area contributed by atoms with Gasteiger partial charge in [-0.2, -0.15) is 13.2 Å². The van der Waals surface area contributed by atoms with Gasteiger partial charge in [0.25, 0.3) is 9.84 Å². The van der Waals surface area contributed by atoms with Crippen molar-refractivity contribution in [2.45, 2.75) is 23.2 Å². The minimum absolute atomic E-state index is 0.0632. The van der Waals surface area contributed by atoms with Crippen LogP contribution in [0.4, 0.5) is 33.3 Å². The summed E-state index contributed by atoms with van der Waals surface area (Å²) in [6.07, 6.45) is 0.755. The Labute approximate surface area is 172 Å². The van der Waals surface area contributed by atoms with E-state index in [-0.39, 0.29) is 17.9 Å². The SMILES string of the molecule is COC(=O)c1c(S(=O)(=O)C(F)(F)F)ccc(N2CCCc3cc(F)cc(F)c32)c1Cl. The molecule has 0 fully saturated rings. The van der Waals surface area contributed by atoms with Crippen molar-refractivity contribution >= 4 is 38.8 Å². The number of aryl methyl sites for hydroxylation is 1. The zero-order valence-electron chi connectivity index (χ0n) is 15.2. The number of rotatable bonds is 3. The molecule has 5 nitrogen and oxygen atoms in total. The number of ether oxygens (including phenoxy) is 1. The van der Waals surface area contributed by atoms with E-state index in [1.807, 2.05) is 0 Å². The van der Waals surface area contributed by atoms with Gasteiger partial charge in [0.05, 0.1) is 34.0 Å². The van der Waals surface area contributed by atoms with E-state index >= 15 is 0 Å². The number of nitrogens with zero attached hydrogens (tertiary/aromatic N) is 1. The molecule has 0 atom stereocenters. The van der Waals surface area contributed by atoms with Gasteiger partial charge in [-0.15, -0.1) is 0 Å². The molecular weight excluding hydrogens is 457 g/mol. The smallest absolute Gasteiger partial charge is 0.465 e. The van der Waals surface area contributed by atoms with Gasteiger partial charge in [-0.3, -0.25) is 0 Å². The average Bonchev–Trinajstić information content (AvgIpc) is 2.65. The van der Waals surface area contributed by atoms with Crippen LogP contribution in [-0.2, 0) is 21.0 Å². The molecule has 0 spiro atoms. The van der Waals surface area contributed by atoms with Crippen molar-refractivity contribution in [1.82, 2.24) is 0 Å². The molecule has 0 radical (unpaired) electrons. The fourth-order valence-corrected chi connectivity index (χ4v) is 4.64. The molecule has 0 unspecified atom stereocenters. The number of carbonyl (C=O) groups excluding carboxylic acids is 1. The summed E-state index contributed by atoms with van der Waals surface area (Å²) in [5, 5.41) is -0.663. The summed E-state index contributed by atoms with van der Waals surface area (Å²) >= 11 is 6.16. The summed E-state index contributed by atoms with van der Waals surface area (Å²) in [6.45, 7) is 0.140. The quantitative estimate of drug-likeness (QED) is 0.478. The number of fused-ring (bicyclic) bond motifs is 1. The van der Waals surface area contributed by atoms with Crippen LogP contribution in [0.25, 0.3) is 0 Å². The molecule has 12 heteroatoms. The summed E-state index contributed by atoms with van der Waals surface area (Å²) in [7, 11) is -5.09. The molecule has 162 valence electrons. The number of sulfone groups is 1. The minimum Gasteiger partial charge on any atom is -0.465 e. The number of hydrogen-bond donors (Lipinski definition) is 0. The third-order valence-corrected chi connectivity index (χ3v) is 6.47. The van der Waals surface area contributed by atoms with Gasteiger partial charge in [0.15, 0.2) is 0 Å². The van der Waals surface area contributed by atoms with Gasteiger partial charge >= 0.3 is 11.5 Å². The van der Waals surface area contributed by atoms with Crippen LogP contribution in [0.3, 0.4) is 0 Å². The maximum Gasteiger partial charge on any atom is 0.501 e. The molecule has 1 aliphatic rings. The van der Waals surface area contributed by atoms with Crippen LogP contribution in [0.15, 0.2) is 29.2 Å². The predicted octanol–water partition coefficient (Wildman–Crippen LogP) is 4.78. The van der Waals surface area contributed by atoms with Crippen LogP contribution in [0, 0.1) is 11.6 Å². The van der Waals surface area contributed by atoms with Crippen molar-refractivity contribution < 1.29 is 39.9 Å². The normalized spacial score (nSPS) is 14.4. The molecule has 1 heterocycles. The molecule has 0 aliphatic carbocycles. The van der Waals surface area contributed by atoms with E-state index in [4.69, 9.17) is 11.6 Å². The number of methoxy groups -OCH3 is 1. The second kappa shape index (κ2) is 7.69. The zero-order chi connectivity index (χ0) is 22.4. The van der Waals surface area contributed by atoms with E-state index < -0.39 is 48.4 Å². The first-order valence-corrected chi connectivity index (χ1v) is 10.2. The monoisotopic (exact) mass is 469 g/mol. The lowest BCUT2D eigenvalue weighted by atomic mass is 10.00. The Kier molecular flexibility index (Phi) is 5.72. The van der Waals surface area contributed by atoms with Gasteiger partial charge in [0, 0.05) is 12.6 Å². The maximum absolute atomic E-state index is 14.5. The molecule has 0 N–H and O–H groups in total. The highest BCUT2D eigenvalue weighted by Crippen LogP contribution is 2.43. The number of carbonyl (C=O) groups is 1. The molecular formula is C18H13ClF5NO4S. The molecule has 0 saturated carbocycles. The largest absolute Gasteiger partial charge is 0.501 e. The summed E-state index contributed by atoms with van der Waals surface area (Å²) < 4.78 is 95.5. The Hall–Kier alpha value is -2.40. The molecule has 0 amide bonds. The van der Waals surface area contributed by atoms with Gasteiger partial charge in [0.2, 0.25) is 0 Å². The van der Waals surface area contributed by atoms with Crippen molar-refractivity contribution in [2.24, 2.45) is 0 Å². The first-order chi connectivity index (χ1) is 13.9. The molecule has 3 rings (SSSR count). The number of esters is 1. The fraction of sp³-hybridized carbons (Fsp3) is 0.278. The predicted molar refractivity (Wildman–Crippen MR) is 97.7 cm³/mol. The Morgan fingerprint density at radius 1 is 1.20 bits per heavy atom. The summed E-state index contributed by atoms with van der Waals surface area (Å²) in [6, 6.07) is 3.24. The highest BCUT2D eigenvalue weighted by Gasteiger charge is 2.49. The van der Waals surface area contributed by atoms with E-state index in [1.54, 1.807) is 0 Å². The van der Waals surface area contributed by atoms with E-state index in [1.165, 1.54) is 4.90 Å². The lowest BCUT2D eigenvalue weighted by Crippen LogP contribution is -2.28. The first-order valence-electron chi connectivity index (χ1n) is 8.37. The highest BCUT2D eigenvalue weighted by molar-refractivity contribution is 7.92. The molecule has 0 aromatic heterocycles. The Morgan fingerprint density at radius 2 is 1.87 bits per heavy atom. The van der Waals surface area contributed by atoms with Crippen LogP contribution >= 0.6 is 11.6 Å². The van der Waals surface area contributed by atoms with E-state index in [2.05, 4.69) is 4.74 Å². The van der Waals surface area contributed by atoms with Crippen LogP contribution < -0.4 is 4.90 Å². The molecule has 0 bridgehead atoms. The number of alkyl halides is 3. The Bertz CT molecular complexity index is 1130. The standard InChI is InChI=1S/C18H13ClF5NO4S/c1-29-17(26)14-13(30(27,28)18(22,23)24)5-4-12(15(14)19)25-6-2-3-9-7-10(20)8-11(21)16(9)25/h4-5,7-8H,2-3,6H2,1H3. The van der Waals surface area contributed by atoms with Crippen molar-refractivity contribution in [3.8, 4) is 0 Å². The summed E-state index contributed by atoms with van der Waals surface area (Å²) in [5.41, 5.74) is -6.61. The minimum atomic E-state index is -5.93. The van der Waals surface area contributed by atoms with E-state index in [9.17, 15) is 35.2 Å². The van der Waals surface area contributed by atoms with Crippen molar-refractivity contribution in [1.29, 1.82) is 0 Å². The number of benzene rings is 2. The zero-order valence-corrected chi connectivity index (χ0v) is 16.8. The van der Waals surface area contributed by atoms with Crippen molar-refractivity contribution in [3.05, 3.63) is 52.0 Å². The molecule has 30 heavy (non-hydrogen) atoms. The first kappa shape index (κ1) is 22.3. The third-order valence-electron chi connectivity index (χ3n) is 4.56. The third kappa shape index (κ3) is 3.60. The van der Waals surface area contributed by atoms with Gasteiger partial charge in [-0.1, -0.05) is 11.6 Å². The highest BCUT2D eigenvalue weighted by atomic mass is 35.5. The van der Waals surface area contributed by atoms with Crippen molar-refractivity contribution in [3.63, 3.8) is 0 Å². The second-order valence-corrected chi connectivity index (χ2v) is 8.65. The lowest BCUT2D eigenvalue weighted by Gasteiger charge is -2.33. The van der Waals surface area contributed by atoms with Crippen LogP contribution in [0.5, 0.6) is 0 Å². The summed E-state index contributed by atoms with van der Waals surface area (Å²) in [4.78, 5) is 12.0. The molecule has 0 saturated heterocycles. The van der Waals surface area contributed by atoms with Gasteiger partial charge in [0.1, 0.15) is 11.6 Å². The van der Waals surface area contributed by atoms with Crippen LogP contribution in [-0.4, -0.2) is 33.5 Å². The van der Waals surface area contributed by atoms with E-state index in [0.717, 1.165) is 19.2 Å². The Morgan fingerprint density at radius 3 is 2.47 bits per heavy atom. The number of hydrogen-bond acceptors (Lipinski definition) is 5. The lowest BCUT2D eigenvalue weighted by molar-refractivity contribution is -0.0436. The second-order valence-electron chi connectivity index (χ2n) is 6.36. The summed E-state index contributed by atoms with van der Waals surface area (Å²) in [5.74, 6) is -3.16. The fourth-order valence-electron chi connectivity index (χ4n) is 3.29.